The number of nitrogens with zero attached hydrogens (tertiary/aromatic N) is 5. The molecule has 0 aliphatic carbocycles. The van der Waals surface area contributed by atoms with Crippen molar-refractivity contribution in [3.8, 4) is 5.75 Å². The lowest BCUT2D eigenvalue weighted by Gasteiger charge is -2.39. The third-order valence-electron chi connectivity index (χ3n) is 13.1. The molecular formula is C52H73N7O13S3. The fourth-order valence-corrected chi connectivity index (χ4v) is 11.4. The molecule has 7 atom stereocenters. The lowest BCUT2D eigenvalue weighted by molar-refractivity contribution is -0.388. The molecule has 75 heavy (non-hydrogen) atoms. The van der Waals surface area contributed by atoms with Crippen LogP contribution in [0, 0.1) is 33.8 Å². The summed E-state index contributed by atoms with van der Waals surface area (Å²) in [7, 11) is 4.22. The smallest absolute Gasteiger partial charge is 0.407 e. The van der Waals surface area contributed by atoms with Crippen LogP contribution < -0.4 is 10.6 Å². The summed E-state index contributed by atoms with van der Waals surface area (Å²) >= 11 is 1.08. The van der Waals surface area contributed by atoms with E-state index in [0.717, 1.165) is 47.1 Å². The summed E-state index contributed by atoms with van der Waals surface area (Å²) in [4.78, 5) is 117. The molecule has 2 aromatic heterocycles. The second-order valence-electron chi connectivity index (χ2n) is 19.2. The number of phenols is 1. The topological polar surface area (TPSA) is 267 Å². The Bertz CT molecular complexity index is 2390. The largest absolute Gasteiger partial charge is 0.508 e. The quantitative estimate of drug-likeness (QED) is 0.0104. The lowest BCUT2D eigenvalue weighted by atomic mass is 9.82. The zero-order valence-electron chi connectivity index (χ0n) is 44.2. The minimum Gasteiger partial charge on any atom is -0.508 e. The Morgan fingerprint density at radius 2 is 1.76 bits per heavy atom. The molecule has 3 amide bonds. The molecule has 3 aromatic rings. The van der Waals surface area contributed by atoms with Gasteiger partial charge in [0, 0.05) is 73.5 Å². The van der Waals surface area contributed by atoms with Crippen molar-refractivity contribution in [2.75, 3.05) is 39.2 Å². The predicted molar refractivity (Wildman–Crippen MR) is 286 cm³/mol. The van der Waals surface area contributed by atoms with E-state index >= 15 is 0 Å². The first kappa shape index (κ1) is 61.9. The number of amides is 3. The van der Waals surface area contributed by atoms with E-state index in [-0.39, 0.29) is 120 Å². The van der Waals surface area contributed by atoms with E-state index in [2.05, 4.69) is 20.6 Å². The first-order chi connectivity index (χ1) is 35.7. The second kappa shape index (κ2) is 31.4. The van der Waals surface area contributed by atoms with E-state index in [0.29, 0.717) is 19.3 Å². The van der Waals surface area contributed by atoms with E-state index in [1.54, 1.807) is 19.1 Å². The number of likely N-dealkylation sites (tertiary alicyclic amines) is 1. The number of rotatable bonds is 31. The number of aromatic nitrogens is 2. The van der Waals surface area contributed by atoms with Gasteiger partial charge in [-0.25, -0.2) is 14.8 Å². The number of ether oxygens (including phenoxy) is 3. The van der Waals surface area contributed by atoms with Crippen LogP contribution in [0.3, 0.4) is 0 Å². The summed E-state index contributed by atoms with van der Waals surface area (Å²) in [6, 6.07) is 7.60. The van der Waals surface area contributed by atoms with E-state index in [1.807, 2.05) is 46.6 Å². The van der Waals surface area contributed by atoms with Crippen LogP contribution in [0.25, 0.3) is 0 Å². The number of carbonyl (C=O) groups is 7. The first-order valence-corrected chi connectivity index (χ1v) is 28.6. The van der Waals surface area contributed by atoms with Crippen LogP contribution in [-0.4, -0.2) is 129 Å². The van der Waals surface area contributed by atoms with Crippen LogP contribution in [0.15, 0.2) is 53.0 Å². The number of aromatic hydroxyl groups is 1. The summed E-state index contributed by atoms with van der Waals surface area (Å²) < 4.78 is 16.8. The number of esters is 2. The normalized spacial score (nSPS) is 16.1. The number of hydrogen-bond acceptors (Lipinski definition) is 19. The molecule has 0 saturated carbocycles. The Labute approximate surface area is 451 Å². The van der Waals surface area contributed by atoms with Crippen molar-refractivity contribution in [3.63, 3.8) is 0 Å². The number of likely N-dealkylation sites (N-methyl/N-ethyl adjacent to an activating group) is 1. The molecule has 0 spiro atoms. The van der Waals surface area contributed by atoms with Crippen molar-refractivity contribution in [2.45, 2.75) is 142 Å². The molecule has 1 aliphatic rings. The van der Waals surface area contributed by atoms with Gasteiger partial charge >= 0.3 is 23.7 Å². The van der Waals surface area contributed by atoms with Crippen molar-refractivity contribution in [1.82, 2.24) is 30.4 Å². The zero-order valence-corrected chi connectivity index (χ0v) is 46.6. The predicted octanol–water partition coefficient (Wildman–Crippen LogP) is 8.51. The molecule has 4 rings (SSSR count). The van der Waals surface area contributed by atoms with Gasteiger partial charge in [-0.3, -0.25) is 43.8 Å². The molecule has 2 unspecified atom stereocenters. The average molecular weight is 1100 g/mol. The van der Waals surface area contributed by atoms with E-state index in [9.17, 15) is 48.8 Å². The van der Waals surface area contributed by atoms with Gasteiger partial charge in [0.25, 0.3) is 5.91 Å². The number of pyridine rings is 1. The molecule has 1 fully saturated rings. The highest BCUT2D eigenvalue weighted by molar-refractivity contribution is 8.76. The van der Waals surface area contributed by atoms with E-state index < -0.39 is 58.9 Å². The number of ketones is 2. The number of piperidine rings is 1. The first-order valence-electron chi connectivity index (χ1n) is 25.4. The zero-order chi connectivity index (χ0) is 55.2. The molecule has 0 bridgehead atoms. The maximum Gasteiger partial charge on any atom is 0.407 e. The number of carbonyl (C=O) groups excluding carboxylic acids is 7. The van der Waals surface area contributed by atoms with Gasteiger partial charge in [0.05, 0.1) is 17.5 Å². The monoisotopic (exact) mass is 1100 g/mol. The SMILES string of the molecule is CCCC(=O)OCN(C(=O)[C@@H](CC(=O)[C@H]1CCCCN1C)C(C)CC)[C@H](CC(OC(C)=O)c1nc(C(=O)N[C@@H](Cc2ccc(O)cc2)C[C@H](C)C(=O)CNC(=O)OCCSSc2ncccc2[N+](=O)[O-])cs1)C(C)C. The maximum absolute atomic E-state index is 15.0. The minimum atomic E-state index is -1.04. The van der Waals surface area contributed by atoms with Gasteiger partial charge in [0.15, 0.2) is 29.4 Å². The van der Waals surface area contributed by atoms with E-state index in [1.165, 1.54) is 58.5 Å². The van der Waals surface area contributed by atoms with Crippen LogP contribution >= 0.6 is 32.9 Å². The number of thiazole rings is 1. The van der Waals surface area contributed by atoms with Crippen LogP contribution in [-0.2, 0) is 44.6 Å². The van der Waals surface area contributed by atoms with Gasteiger partial charge in [-0.1, -0.05) is 77.3 Å². The Hall–Kier alpha value is -5.65. The van der Waals surface area contributed by atoms with Gasteiger partial charge in [-0.05, 0) is 92.1 Å². The summed E-state index contributed by atoms with van der Waals surface area (Å²) in [6.07, 6.45) is 3.95. The van der Waals surface area contributed by atoms with E-state index in [4.69, 9.17) is 14.2 Å². The fourth-order valence-electron chi connectivity index (χ4n) is 8.69. The number of nitrogens with one attached hydrogen (secondary N) is 2. The Kier molecular flexibility index (Phi) is 25.9. The number of hydrogen-bond donors (Lipinski definition) is 3. The van der Waals surface area contributed by atoms with Crippen LogP contribution in [0.1, 0.15) is 133 Å². The van der Waals surface area contributed by atoms with Crippen LogP contribution in [0.2, 0.25) is 0 Å². The highest BCUT2D eigenvalue weighted by atomic mass is 33.1. The van der Waals surface area contributed by atoms with Crippen molar-refractivity contribution in [1.29, 1.82) is 0 Å². The molecule has 0 radical (unpaired) electrons. The van der Waals surface area contributed by atoms with Crippen molar-refractivity contribution < 1.29 is 57.8 Å². The van der Waals surface area contributed by atoms with Crippen LogP contribution in [0.4, 0.5) is 10.5 Å². The number of Topliss-reactive ketones (excluding diaryl/α,β-unsaturated/α-hetero) is 2. The van der Waals surface area contributed by atoms with Crippen molar-refractivity contribution >= 4 is 80.0 Å². The number of nitro groups is 1. The molecular weight excluding hydrogens is 1030 g/mol. The third kappa shape index (κ3) is 20.1. The third-order valence-corrected chi connectivity index (χ3v) is 16.3. The summed E-state index contributed by atoms with van der Waals surface area (Å²) in [6.45, 7) is 12.5. The molecule has 1 aliphatic heterocycles. The average Bonchev–Trinajstić information content (AvgIpc) is 3.88. The molecule has 412 valence electrons. The number of phenolic OH excluding ortho intramolecular Hbond substituents is 1. The lowest BCUT2D eigenvalue weighted by Crippen LogP contribution is -2.50. The second-order valence-corrected chi connectivity index (χ2v) is 22.5. The Balaban J connectivity index is 1.49. The summed E-state index contributed by atoms with van der Waals surface area (Å²) in [5.41, 5.74) is 0.623. The van der Waals surface area contributed by atoms with Gasteiger partial charge in [-0.15, -0.1) is 11.3 Å². The molecule has 1 saturated heterocycles. The minimum absolute atomic E-state index is 0.00613. The number of benzene rings is 1. The Morgan fingerprint density at radius 3 is 2.41 bits per heavy atom. The molecule has 20 nitrogen and oxygen atoms in total. The highest BCUT2D eigenvalue weighted by Gasteiger charge is 2.40. The summed E-state index contributed by atoms with van der Waals surface area (Å²) in [5.74, 6) is -3.90. The summed E-state index contributed by atoms with van der Waals surface area (Å²) in [5, 5.41) is 28.7. The van der Waals surface area contributed by atoms with Gasteiger partial charge in [-0.2, -0.15) is 0 Å². The molecule has 23 heteroatoms. The molecule has 3 N–H and O–H groups in total. The molecule has 3 heterocycles. The highest BCUT2D eigenvalue weighted by Crippen LogP contribution is 2.36. The van der Waals surface area contributed by atoms with Crippen molar-refractivity contribution in [2.24, 2.45) is 23.7 Å². The van der Waals surface area contributed by atoms with Crippen molar-refractivity contribution in [3.05, 3.63) is 74.4 Å². The maximum atomic E-state index is 15.0. The van der Waals surface area contributed by atoms with Gasteiger partial charge in [0.1, 0.15) is 23.1 Å². The Morgan fingerprint density at radius 1 is 1.03 bits per heavy atom. The molecule has 1 aromatic carbocycles. The fraction of sp³-hybridized carbons (Fsp3) is 0.596. The van der Waals surface area contributed by atoms with Crippen LogP contribution in [0.5, 0.6) is 5.75 Å². The van der Waals surface area contributed by atoms with Gasteiger partial charge < -0.3 is 34.9 Å². The standard InChI is InChI=1S/C52H73N7O13S3/c1-9-14-47(64)71-31-58(51(66)39(33(5)10-2)27-44(62)41-15-11-12-22-57(41)8)43(32(3)4)28-46(72-35(7)60)50-56-40(30-73-50)48(65)55-37(26-36-17-19-38(61)20-18-36)25-34(6)45(63)29-54-52(67)70-23-24-74-75-49-42(59(68)69)16-13-21-53-49/h13,16-21,30,32-34,37,39,41,43,46,61H,9-12,14-15,22-29,31H2,1-8H3,(H,54,67)(H,55,65)/t33?,34-,37+,39-,41+,43+,46?/m0/s1. The number of alkyl carbamates (subject to hydrolysis) is 1. The van der Waals surface area contributed by atoms with Gasteiger partial charge in [0.2, 0.25) is 5.91 Å².